The third-order valence-corrected chi connectivity index (χ3v) is 4.94. The minimum absolute atomic E-state index is 0.0298. The molecule has 0 unspecified atom stereocenters. The Balaban J connectivity index is 1.76. The molecule has 1 N–H and O–H groups in total. The maximum absolute atomic E-state index is 12.4. The predicted octanol–water partition coefficient (Wildman–Crippen LogP) is 2.41. The molecule has 26 heavy (non-hydrogen) atoms. The summed E-state index contributed by atoms with van der Waals surface area (Å²) in [6.45, 7) is 7.46. The number of hydrogen-bond acceptors (Lipinski definition) is 6. The summed E-state index contributed by atoms with van der Waals surface area (Å²) in [6, 6.07) is 3.98. The van der Waals surface area contributed by atoms with Gasteiger partial charge in [-0.1, -0.05) is 19.9 Å². The number of anilines is 1. The van der Waals surface area contributed by atoms with Crippen LogP contribution in [0.15, 0.2) is 24.5 Å². The molecule has 0 saturated carbocycles. The van der Waals surface area contributed by atoms with Crippen molar-refractivity contribution in [2.75, 3.05) is 18.4 Å². The molecule has 1 amide bonds. The van der Waals surface area contributed by atoms with Crippen molar-refractivity contribution in [1.82, 2.24) is 25.1 Å². The first kappa shape index (κ1) is 18.2. The first-order valence-corrected chi connectivity index (χ1v) is 9.33. The van der Waals surface area contributed by atoms with Gasteiger partial charge in [-0.05, 0) is 31.4 Å². The van der Waals surface area contributed by atoms with E-state index in [2.05, 4.69) is 39.3 Å². The molecule has 1 aliphatic rings. The van der Waals surface area contributed by atoms with Gasteiger partial charge >= 0.3 is 0 Å². The molecule has 0 aliphatic carbocycles. The summed E-state index contributed by atoms with van der Waals surface area (Å²) in [4.78, 5) is 23.2. The Labute approximate surface area is 154 Å². The minimum Gasteiger partial charge on any atom is -0.353 e. The summed E-state index contributed by atoms with van der Waals surface area (Å²) in [5.41, 5.74) is 2.99. The molecule has 138 valence electrons. The van der Waals surface area contributed by atoms with Gasteiger partial charge in [-0.2, -0.15) is 5.10 Å². The van der Waals surface area contributed by atoms with Gasteiger partial charge in [-0.25, -0.2) is 4.98 Å². The third-order valence-electron chi connectivity index (χ3n) is 4.94. The lowest BCUT2D eigenvalue weighted by Crippen LogP contribution is -2.30. The molecule has 7 heteroatoms. The van der Waals surface area contributed by atoms with E-state index < -0.39 is 0 Å². The van der Waals surface area contributed by atoms with Crippen molar-refractivity contribution >= 4 is 11.9 Å². The van der Waals surface area contributed by atoms with Crippen molar-refractivity contribution in [2.24, 2.45) is 5.92 Å². The van der Waals surface area contributed by atoms with Crippen LogP contribution in [-0.4, -0.2) is 44.1 Å². The van der Waals surface area contributed by atoms with Gasteiger partial charge in [0.1, 0.15) is 0 Å². The fraction of sp³-hybridized carbons (Fsp3) is 0.526. The quantitative estimate of drug-likeness (QED) is 0.822. The zero-order valence-electron chi connectivity index (χ0n) is 15.6. The van der Waals surface area contributed by atoms with Crippen LogP contribution in [0.3, 0.4) is 0 Å². The molecule has 3 rings (SSSR count). The zero-order valence-corrected chi connectivity index (χ0v) is 15.6. The van der Waals surface area contributed by atoms with Crippen molar-refractivity contribution < 1.29 is 4.79 Å². The van der Waals surface area contributed by atoms with Crippen LogP contribution in [0, 0.1) is 5.92 Å². The highest BCUT2D eigenvalue weighted by Gasteiger charge is 2.39. The average molecular weight is 354 g/mol. The molecule has 2 aromatic heterocycles. The summed E-state index contributed by atoms with van der Waals surface area (Å²) in [6.07, 6.45) is 5.78. The number of carbonyl (C=O) groups excluding carboxylic acids is 1. The highest BCUT2D eigenvalue weighted by atomic mass is 16.2. The molecule has 3 heterocycles. The molecule has 2 atom stereocenters. The van der Waals surface area contributed by atoms with E-state index in [9.17, 15) is 4.79 Å². The fourth-order valence-corrected chi connectivity index (χ4v) is 3.66. The first-order valence-electron chi connectivity index (χ1n) is 9.33. The van der Waals surface area contributed by atoms with E-state index in [1.807, 2.05) is 30.2 Å². The van der Waals surface area contributed by atoms with Gasteiger partial charge in [0.25, 0.3) is 0 Å². The van der Waals surface area contributed by atoms with Crippen molar-refractivity contribution in [1.29, 1.82) is 0 Å². The fourth-order valence-electron chi connectivity index (χ4n) is 3.66. The summed E-state index contributed by atoms with van der Waals surface area (Å²) in [5.74, 6) is 0.861. The molecule has 2 aromatic rings. The van der Waals surface area contributed by atoms with E-state index in [0.29, 0.717) is 25.5 Å². The third kappa shape index (κ3) is 3.66. The average Bonchev–Trinajstić information content (AvgIpc) is 3.01. The van der Waals surface area contributed by atoms with Crippen molar-refractivity contribution in [3.05, 3.63) is 41.5 Å². The number of nitrogens with zero attached hydrogens (tertiary/aromatic N) is 5. The van der Waals surface area contributed by atoms with Gasteiger partial charge in [0.05, 0.1) is 17.4 Å². The lowest BCUT2D eigenvalue weighted by molar-refractivity contribution is -0.128. The second kappa shape index (κ2) is 8.21. The maximum atomic E-state index is 12.4. The van der Waals surface area contributed by atoms with Gasteiger partial charge < -0.3 is 10.2 Å². The Kier molecular flexibility index (Phi) is 5.75. The number of aryl methyl sites for hydroxylation is 2. The molecule has 0 bridgehead atoms. The lowest BCUT2D eigenvalue weighted by atomic mass is 9.94. The number of aromatic nitrogens is 4. The number of rotatable bonds is 7. The Bertz CT molecular complexity index is 751. The second-order valence-electron chi connectivity index (χ2n) is 6.49. The van der Waals surface area contributed by atoms with Gasteiger partial charge in [-0.15, -0.1) is 5.10 Å². The number of pyridine rings is 1. The molecular formula is C19H26N6O. The van der Waals surface area contributed by atoms with Gasteiger partial charge in [0, 0.05) is 37.8 Å². The molecule has 0 radical (unpaired) electrons. The van der Waals surface area contributed by atoms with Crippen LogP contribution < -0.4 is 5.32 Å². The van der Waals surface area contributed by atoms with E-state index in [0.717, 1.165) is 29.8 Å². The topological polar surface area (TPSA) is 83.9 Å². The summed E-state index contributed by atoms with van der Waals surface area (Å²) >= 11 is 0. The number of hydrogen-bond donors (Lipinski definition) is 1. The Morgan fingerprint density at radius 3 is 2.65 bits per heavy atom. The standard InChI is InChI=1S/C19H26N6O/c1-4-15-16(5-2)23-24-19(22-15)21-12-14-10-17(26)25(6-3)18(14)13-8-7-9-20-11-13/h7-9,11,14,18H,4-6,10,12H2,1-3H3,(H,21,22,24)/t14-,18-/m0/s1. The number of amides is 1. The van der Waals surface area contributed by atoms with Crippen LogP contribution in [0.4, 0.5) is 5.95 Å². The maximum Gasteiger partial charge on any atom is 0.242 e. The SMILES string of the molecule is CCc1nnc(NC[C@@H]2CC(=O)N(CC)[C@H]2c2cccnc2)nc1CC. The zero-order chi connectivity index (χ0) is 18.5. The lowest BCUT2D eigenvalue weighted by Gasteiger charge is -2.27. The Morgan fingerprint density at radius 1 is 1.19 bits per heavy atom. The van der Waals surface area contributed by atoms with Crippen molar-refractivity contribution in [3.63, 3.8) is 0 Å². The van der Waals surface area contributed by atoms with Crippen LogP contribution in [0.2, 0.25) is 0 Å². The largest absolute Gasteiger partial charge is 0.353 e. The van der Waals surface area contributed by atoms with Gasteiger partial charge in [0.2, 0.25) is 11.9 Å². The van der Waals surface area contributed by atoms with E-state index in [-0.39, 0.29) is 17.9 Å². The van der Waals surface area contributed by atoms with Gasteiger partial charge in [0.15, 0.2) is 0 Å². The molecule has 1 aliphatic heterocycles. The molecule has 0 aromatic carbocycles. The highest BCUT2D eigenvalue weighted by molar-refractivity contribution is 5.79. The number of nitrogens with one attached hydrogen (secondary N) is 1. The summed E-state index contributed by atoms with van der Waals surface area (Å²) in [7, 11) is 0. The Morgan fingerprint density at radius 2 is 2.00 bits per heavy atom. The molecule has 7 nitrogen and oxygen atoms in total. The van der Waals surface area contributed by atoms with E-state index >= 15 is 0 Å². The van der Waals surface area contributed by atoms with Crippen molar-refractivity contribution in [2.45, 2.75) is 46.1 Å². The molecule has 1 saturated heterocycles. The van der Waals surface area contributed by atoms with E-state index in [1.165, 1.54) is 0 Å². The van der Waals surface area contributed by atoms with E-state index in [1.54, 1.807) is 6.20 Å². The molecule has 0 spiro atoms. The van der Waals surface area contributed by atoms with Crippen LogP contribution >= 0.6 is 0 Å². The highest BCUT2D eigenvalue weighted by Crippen LogP contribution is 2.37. The number of carbonyl (C=O) groups is 1. The number of likely N-dealkylation sites (tertiary alicyclic amines) is 1. The van der Waals surface area contributed by atoms with Crippen LogP contribution in [-0.2, 0) is 17.6 Å². The smallest absolute Gasteiger partial charge is 0.242 e. The summed E-state index contributed by atoms with van der Waals surface area (Å²) < 4.78 is 0. The van der Waals surface area contributed by atoms with Crippen LogP contribution in [0.1, 0.15) is 50.2 Å². The Hall–Kier alpha value is -2.57. The molecule has 1 fully saturated rings. The monoisotopic (exact) mass is 354 g/mol. The minimum atomic E-state index is 0.0298. The summed E-state index contributed by atoms with van der Waals surface area (Å²) in [5, 5.41) is 11.8. The van der Waals surface area contributed by atoms with Gasteiger partial charge in [-0.3, -0.25) is 9.78 Å². The normalized spacial score (nSPS) is 19.8. The van der Waals surface area contributed by atoms with Crippen LogP contribution in [0.5, 0.6) is 0 Å². The van der Waals surface area contributed by atoms with E-state index in [4.69, 9.17) is 0 Å². The van der Waals surface area contributed by atoms with Crippen molar-refractivity contribution in [3.8, 4) is 0 Å². The molecular weight excluding hydrogens is 328 g/mol. The second-order valence-corrected chi connectivity index (χ2v) is 6.49. The predicted molar refractivity (Wildman–Crippen MR) is 99.5 cm³/mol. The van der Waals surface area contributed by atoms with Crippen LogP contribution in [0.25, 0.3) is 0 Å². The first-order chi connectivity index (χ1) is 12.7.